The minimum absolute atomic E-state index is 0.110. The molecule has 0 aliphatic carbocycles. The number of hydrogen-bond donors (Lipinski definition) is 1. The first-order chi connectivity index (χ1) is 9.60. The van der Waals surface area contributed by atoms with Crippen LogP contribution in [0.1, 0.15) is 33.6 Å². The van der Waals surface area contributed by atoms with E-state index < -0.39 is 0 Å². The summed E-state index contributed by atoms with van der Waals surface area (Å²) in [6.45, 7) is 9.50. The van der Waals surface area contributed by atoms with Gasteiger partial charge in [-0.15, -0.1) is 0 Å². The maximum Gasteiger partial charge on any atom is 0.229 e. The number of nitrogens with one attached hydrogen (secondary N) is 1. The maximum atomic E-state index is 12.7. The molecule has 20 heavy (non-hydrogen) atoms. The maximum absolute atomic E-state index is 12.7. The van der Waals surface area contributed by atoms with Crippen molar-refractivity contribution in [1.29, 1.82) is 5.26 Å². The highest BCUT2D eigenvalue weighted by atomic mass is 16.5. The van der Waals surface area contributed by atoms with E-state index in [2.05, 4.69) is 32.2 Å². The van der Waals surface area contributed by atoms with Gasteiger partial charge in [-0.2, -0.15) is 5.26 Å². The summed E-state index contributed by atoms with van der Waals surface area (Å²) in [5, 5.41) is 12.1. The standard InChI is InChI=1S/C15H27N3O2/c1-4-7-17-14-11-20-10-13(14)15(19)18(8-5-6-16)9-12(2)3/h12-14,17H,4-5,7-11H2,1-3H3. The lowest BCUT2D eigenvalue weighted by Crippen LogP contribution is -2.47. The molecule has 0 bridgehead atoms. The Labute approximate surface area is 122 Å². The van der Waals surface area contributed by atoms with Gasteiger partial charge in [0.1, 0.15) is 0 Å². The molecule has 0 aromatic heterocycles. The summed E-state index contributed by atoms with van der Waals surface area (Å²) < 4.78 is 5.47. The van der Waals surface area contributed by atoms with Crippen LogP contribution in [0.25, 0.3) is 0 Å². The van der Waals surface area contributed by atoms with Crippen molar-refractivity contribution in [2.45, 2.75) is 39.7 Å². The molecule has 1 saturated heterocycles. The summed E-state index contributed by atoms with van der Waals surface area (Å²) in [6.07, 6.45) is 1.43. The average Bonchev–Trinajstić information content (AvgIpc) is 2.88. The Kier molecular flexibility index (Phi) is 7.56. The predicted octanol–water partition coefficient (Wildman–Crippen LogP) is 1.40. The van der Waals surface area contributed by atoms with Gasteiger partial charge < -0.3 is 15.0 Å². The van der Waals surface area contributed by atoms with Crippen LogP contribution in [0.2, 0.25) is 0 Å². The van der Waals surface area contributed by atoms with E-state index in [0.717, 1.165) is 13.0 Å². The van der Waals surface area contributed by atoms with Gasteiger partial charge in [-0.3, -0.25) is 4.79 Å². The second-order valence-electron chi connectivity index (χ2n) is 5.79. The van der Waals surface area contributed by atoms with Crippen LogP contribution in [-0.2, 0) is 9.53 Å². The predicted molar refractivity (Wildman–Crippen MR) is 78.0 cm³/mol. The van der Waals surface area contributed by atoms with Crippen LogP contribution in [0.5, 0.6) is 0 Å². The van der Waals surface area contributed by atoms with Gasteiger partial charge in [0.25, 0.3) is 0 Å². The SMILES string of the molecule is CCCNC1COCC1C(=O)N(CCC#N)CC(C)C. The highest BCUT2D eigenvalue weighted by molar-refractivity contribution is 5.80. The van der Waals surface area contributed by atoms with Crippen molar-refractivity contribution < 1.29 is 9.53 Å². The molecular weight excluding hydrogens is 254 g/mol. The zero-order valence-electron chi connectivity index (χ0n) is 12.9. The number of nitrogens with zero attached hydrogens (tertiary/aromatic N) is 2. The lowest BCUT2D eigenvalue weighted by molar-refractivity contribution is -0.136. The van der Waals surface area contributed by atoms with Gasteiger partial charge in [0, 0.05) is 19.1 Å². The van der Waals surface area contributed by atoms with E-state index in [-0.39, 0.29) is 17.9 Å². The quantitative estimate of drug-likeness (QED) is 0.730. The van der Waals surface area contributed by atoms with Crippen LogP contribution in [0, 0.1) is 23.2 Å². The Morgan fingerprint density at radius 3 is 2.85 bits per heavy atom. The van der Waals surface area contributed by atoms with E-state index in [1.165, 1.54) is 0 Å². The summed E-state index contributed by atoms with van der Waals surface area (Å²) >= 11 is 0. The van der Waals surface area contributed by atoms with Crippen LogP contribution in [0.3, 0.4) is 0 Å². The van der Waals surface area contributed by atoms with Gasteiger partial charge in [-0.1, -0.05) is 20.8 Å². The minimum atomic E-state index is -0.112. The molecule has 114 valence electrons. The molecule has 0 aromatic carbocycles. The van der Waals surface area contributed by atoms with Crippen molar-refractivity contribution in [3.8, 4) is 6.07 Å². The summed E-state index contributed by atoms with van der Waals surface area (Å²) in [5.74, 6) is 0.418. The molecule has 0 saturated carbocycles. The van der Waals surface area contributed by atoms with Gasteiger partial charge in [0.15, 0.2) is 0 Å². The molecule has 0 radical (unpaired) electrons. The smallest absolute Gasteiger partial charge is 0.229 e. The zero-order valence-corrected chi connectivity index (χ0v) is 12.9. The number of amides is 1. The number of hydrogen-bond acceptors (Lipinski definition) is 4. The number of carbonyl (C=O) groups excluding carboxylic acids is 1. The van der Waals surface area contributed by atoms with Crippen molar-refractivity contribution in [2.24, 2.45) is 11.8 Å². The van der Waals surface area contributed by atoms with E-state index >= 15 is 0 Å². The fourth-order valence-electron chi connectivity index (χ4n) is 2.48. The zero-order chi connectivity index (χ0) is 15.0. The van der Waals surface area contributed by atoms with Gasteiger partial charge >= 0.3 is 0 Å². The summed E-state index contributed by atoms with van der Waals surface area (Å²) in [4.78, 5) is 14.5. The summed E-state index contributed by atoms with van der Waals surface area (Å²) in [7, 11) is 0. The molecule has 1 aliphatic heterocycles. The molecule has 1 N–H and O–H groups in total. The Morgan fingerprint density at radius 1 is 1.50 bits per heavy atom. The van der Waals surface area contributed by atoms with E-state index in [0.29, 0.717) is 38.6 Å². The second-order valence-corrected chi connectivity index (χ2v) is 5.79. The Hall–Kier alpha value is -1.12. The van der Waals surface area contributed by atoms with Gasteiger partial charge in [-0.25, -0.2) is 0 Å². The van der Waals surface area contributed by atoms with Crippen molar-refractivity contribution in [1.82, 2.24) is 10.2 Å². The Morgan fingerprint density at radius 2 is 2.25 bits per heavy atom. The third kappa shape index (κ3) is 5.10. The highest BCUT2D eigenvalue weighted by Gasteiger charge is 2.36. The highest BCUT2D eigenvalue weighted by Crippen LogP contribution is 2.18. The molecule has 1 rings (SSSR count). The normalized spacial score (nSPS) is 21.9. The van der Waals surface area contributed by atoms with Crippen LogP contribution < -0.4 is 5.32 Å². The van der Waals surface area contributed by atoms with Crippen molar-refractivity contribution in [2.75, 3.05) is 32.8 Å². The van der Waals surface area contributed by atoms with Crippen LogP contribution >= 0.6 is 0 Å². The van der Waals surface area contributed by atoms with E-state index in [4.69, 9.17) is 10.00 Å². The molecule has 2 unspecified atom stereocenters. The molecule has 1 amide bonds. The van der Waals surface area contributed by atoms with Gasteiger partial charge in [0.2, 0.25) is 5.91 Å². The fraction of sp³-hybridized carbons (Fsp3) is 0.867. The lowest BCUT2D eigenvalue weighted by Gasteiger charge is -2.28. The Bertz CT molecular complexity index is 339. The first kappa shape index (κ1) is 16.9. The molecule has 0 spiro atoms. The van der Waals surface area contributed by atoms with Crippen molar-refractivity contribution in [3.63, 3.8) is 0 Å². The van der Waals surface area contributed by atoms with E-state index in [1.54, 1.807) is 0 Å². The van der Waals surface area contributed by atoms with Crippen LogP contribution in [0.4, 0.5) is 0 Å². The molecular formula is C15H27N3O2. The lowest BCUT2D eigenvalue weighted by atomic mass is 10.0. The molecule has 1 fully saturated rings. The first-order valence-electron chi connectivity index (χ1n) is 7.57. The van der Waals surface area contributed by atoms with Crippen molar-refractivity contribution in [3.05, 3.63) is 0 Å². The second kappa shape index (κ2) is 8.93. The average molecular weight is 281 g/mol. The number of ether oxygens (including phenoxy) is 1. The third-order valence-corrected chi connectivity index (χ3v) is 3.44. The van der Waals surface area contributed by atoms with Crippen molar-refractivity contribution >= 4 is 5.91 Å². The van der Waals surface area contributed by atoms with Crippen LogP contribution in [-0.4, -0.2) is 49.7 Å². The third-order valence-electron chi connectivity index (χ3n) is 3.44. The number of nitriles is 1. The van der Waals surface area contributed by atoms with E-state index in [9.17, 15) is 4.79 Å². The topological polar surface area (TPSA) is 65.4 Å². The summed E-state index contributed by atoms with van der Waals surface area (Å²) in [6, 6.07) is 2.23. The minimum Gasteiger partial charge on any atom is -0.379 e. The molecule has 0 aromatic rings. The van der Waals surface area contributed by atoms with E-state index in [1.807, 2.05) is 4.90 Å². The Balaban J connectivity index is 2.64. The number of rotatable bonds is 8. The molecule has 1 aliphatic rings. The van der Waals surface area contributed by atoms with Crippen LogP contribution in [0.15, 0.2) is 0 Å². The molecule has 5 heteroatoms. The van der Waals surface area contributed by atoms with Gasteiger partial charge in [0.05, 0.1) is 31.6 Å². The number of carbonyl (C=O) groups is 1. The van der Waals surface area contributed by atoms with Gasteiger partial charge in [-0.05, 0) is 18.9 Å². The largest absolute Gasteiger partial charge is 0.379 e. The fourth-order valence-corrected chi connectivity index (χ4v) is 2.48. The molecule has 5 nitrogen and oxygen atoms in total. The monoisotopic (exact) mass is 281 g/mol. The molecule has 1 heterocycles. The summed E-state index contributed by atoms with van der Waals surface area (Å²) in [5.41, 5.74) is 0. The molecule has 2 atom stereocenters. The first-order valence-corrected chi connectivity index (χ1v) is 7.57.